The molecule has 2 aromatic carbocycles. The van der Waals surface area contributed by atoms with E-state index >= 15 is 0 Å². The number of carboxylic acid groups (broad SMARTS) is 4. The molecular weight excluding hydrogens is 803 g/mol. The fourth-order valence-corrected chi connectivity index (χ4v) is 5.22. The van der Waals surface area contributed by atoms with Crippen molar-refractivity contribution in [2.45, 2.75) is 97.1 Å². The van der Waals surface area contributed by atoms with E-state index in [1.807, 2.05) is 36.4 Å². The SMILES string of the molecule is CC(C)(C)OC(=O)N[C@H](CCC(=O)O)C(=O)O.CC(C)(C)c1ccc(C(=O)/C=C/C(=O)O)cc1.O=C(O)[C@H]1CCCC[C@H]1C(=O)Nc1ccc(I)cc1. The number of rotatable bonds is 11. The van der Waals surface area contributed by atoms with Gasteiger partial charge in [-0.05, 0) is 104 Å². The van der Waals surface area contributed by atoms with Crippen LogP contribution in [0.5, 0.6) is 0 Å². The summed E-state index contributed by atoms with van der Waals surface area (Å²) < 4.78 is 5.96. The number of aliphatic carboxylic acids is 4. The first kappa shape index (κ1) is 46.2. The van der Waals surface area contributed by atoms with Crippen molar-refractivity contribution in [3.63, 3.8) is 0 Å². The summed E-state index contributed by atoms with van der Waals surface area (Å²) in [6.45, 7) is 11.2. The molecule has 1 aliphatic rings. The monoisotopic (exact) mass is 852 g/mol. The van der Waals surface area contributed by atoms with Crippen molar-refractivity contribution in [3.05, 3.63) is 75.4 Å². The number of hydrogen-bond acceptors (Lipinski definition) is 8. The van der Waals surface area contributed by atoms with E-state index in [1.165, 1.54) is 0 Å². The van der Waals surface area contributed by atoms with Gasteiger partial charge < -0.3 is 35.8 Å². The summed E-state index contributed by atoms with van der Waals surface area (Å²) in [6, 6.07) is 13.4. The minimum absolute atomic E-state index is 0.0402. The van der Waals surface area contributed by atoms with Crippen LogP contribution in [-0.4, -0.2) is 73.7 Å². The zero-order valence-corrected chi connectivity index (χ0v) is 32.8. The third-order valence-electron chi connectivity index (χ3n) is 7.58. The van der Waals surface area contributed by atoms with E-state index in [9.17, 15) is 38.7 Å². The Morgan fingerprint density at radius 3 is 1.81 bits per heavy atom. The molecule has 1 saturated carbocycles. The molecule has 0 spiro atoms. The Labute approximate surface area is 322 Å². The highest BCUT2D eigenvalue weighted by atomic mass is 127. The van der Waals surface area contributed by atoms with Crippen molar-refractivity contribution in [1.82, 2.24) is 5.32 Å². The molecule has 15 heteroatoms. The van der Waals surface area contributed by atoms with E-state index < -0.39 is 53.4 Å². The van der Waals surface area contributed by atoms with Crippen LogP contribution in [0, 0.1) is 15.4 Å². The molecule has 6 N–H and O–H groups in total. The first-order chi connectivity index (χ1) is 24.5. The number of carbonyl (C=O) groups is 7. The molecule has 0 radical (unpaired) electrons. The molecule has 1 fully saturated rings. The van der Waals surface area contributed by atoms with Crippen molar-refractivity contribution in [2.75, 3.05) is 5.32 Å². The highest BCUT2D eigenvalue weighted by Gasteiger charge is 2.35. The molecule has 0 unspecified atom stereocenters. The molecular formula is C38H49IN2O12. The summed E-state index contributed by atoms with van der Waals surface area (Å²) in [7, 11) is 0. The van der Waals surface area contributed by atoms with Gasteiger partial charge in [-0.15, -0.1) is 0 Å². The van der Waals surface area contributed by atoms with Crippen LogP contribution in [0.1, 0.15) is 96.0 Å². The van der Waals surface area contributed by atoms with E-state index in [4.69, 9.17) is 20.1 Å². The predicted molar refractivity (Wildman–Crippen MR) is 205 cm³/mol. The van der Waals surface area contributed by atoms with Crippen LogP contribution in [0.4, 0.5) is 10.5 Å². The Hall–Kier alpha value is -4.80. The number of amides is 2. The summed E-state index contributed by atoms with van der Waals surface area (Å²) in [5, 5.41) is 39.7. The second-order valence-corrected chi connectivity index (χ2v) is 15.4. The lowest BCUT2D eigenvalue weighted by Crippen LogP contribution is -2.43. The maximum absolute atomic E-state index is 12.2. The molecule has 1 aliphatic carbocycles. The Morgan fingerprint density at radius 1 is 0.811 bits per heavy atom. The van der Waals surface area contributed by atoms with Crippen molar-refractivity contribution in [3.8, 4) is 0 Å². The van der Waals surface area contributed by atoms with Crippen LogP contribution < -0.4 is 10.6 Å². The van der Waals surface area contributed by atoms with E-state index in [0.717, 1.165) is 39.8 Å². The number of anilines is 1. The second-order valence-electron chi connectivity index (χ2n) is 14.2. The summed E-state index contributed by atoms with van der Waals surface area (Å²) in [6.07, 6.45) is 3.58. The fourth-order valence-electron chi connectivity index (χ4n) is 4.86. The maximum Gasteiger partial charge on any atom is 0.408 e. The van der Waals surface area contributed by atoms with Crippen LogP contribution in [0.2, 0.25) is 0 Å². The lowest BCUT2D eigenvalue weighted by Gasteiger charge is -2.27. The summed E-state index contributed by atoms with van der Waals surface area (Å²) in [5.41, 5.74) is 1.66. The Morgan fingerprint density at radius 2 is 1.36 bits per heavy atom. The van der Waals surface area contributed by atoms with Gasteiger partial charge in [-0.2, -0.15) is 0 Å². The molecule has 0 saturated heterocycles. The van der Waals surface area contributed by atoms with Gasteiger partial charge in [0.25, 0.3) is 0 Å². The number of nitrogens with one attached hydrogen (secondary N) is 2. The van der Waals surface area contributed by atoms with E-state index in [2.05, 4.69) is 54.0 Å². The molecule has 0 heterocycles. The highest BCUT2D eigenvalue weighted by molar-refractivity contribution is 14.1. The number of halogens is 1. The van der Waals surface area contributed by atoms with Gasteiger partial charge in [-0.3, -0.25) is 19.2 Å². The normalized spacial score (nSPS) is 16.0. The van der Waals surface area contributed by atoms with E-state index in [1.54, 1.807) is 32.9 Å². The Balaban J connectivity index is 0.000000399. The molecule has 0 aromatic heterocycles. The van der Waals surface area contributed by atoms with Gasteiger partial charge in [0, 0.05) is 27.3 Å². The van der Waals surface area contributed by atoms with Crippen LogP contribution in [0.3, 0.4) is 0 Å². The number of allylic oxidation sites excluding steroid dienone is 1. The third kappa shape index (κ3) is 19.0. The van der Waals surface area contributed by atoms with Crippen LogP contribution in [0.25, 0.3) is 0 Å². The maximum atomic E-state index is 12.2. The van der Waals surface area contributed by atoms with Crippen molar-refractivity contribution in [1.29, 1.82) is 0 Å². The van der Waals surface area contributed by atoms with E-state index in [0.29, 0.717) is 18.4 Å². The fraction of sp³-hybridized carbons (Fsp3) is 0.447. The molecule has 3 atom stereocenters. The number of benzene rings is 2. The molecule has 0 bridgehead atoms. The zero-order chi connectivity index (χ0) is 40.5. The zero-order valence-electron chi connectivity index (χ0n) is 30.7. The molecule has 14 nitrogen and oxygen atoms in total. The first-order valence-electron chi connectivity index (χ1n) is 16.8. The molecule has 2 amide bonds. The smallest absolute Gasteiger partial charge is 0.408 e. The Kier molecular flexibility index (Phi) is 18.9. The van der Waals surface area contributed by atoms with Crippen molar-refractivity contribution >= 4 is 69.9 Å². The standard InChI is InChI=1S/C14H16INO3.C14H16O3.C10H17NO6/c15-9-5-7-10(8-6-9)16-13(17)11-3-1-2-4-12(11)14(18)19;1-14(2,3)11-6-4-10(5-7-11)12(15)8-9-13(16)17;1-10(2,3)17-9(16)11-6(8(14)15)4-5-7(12)13/h5-8,11-12H,1-4H2,(H,16,17)(H,18,19);4-9H,1-3H3,(H,16,17);6H,4-5H2,1-3H3,(H,11,16)(H,12,13)(H,14,15)/b;9-8+;/t11-,12+;;6-/m1.1/s1. The molecule has 290 valence electrons. The number of alkyl carbamates (subject to hydrolysis) is 1. The number of carbonyl (C=O) groups excluding carboxylic acids is 3. The third-order valence-corrected chi connectivity index (χ3v) is 8.30. The van der Waals surface area contributed by atoms with Crippen molar-refractivity contribution < 1.29 is 58.7 Å². The molecule has 0 aliphatic heterocycles. The van der Waals surface area contributed by atoms with Gasteiger partial charge in [0.05, 0.1) is 11.8 Å². The first-order valence-corrected chi connectivity index (χ1v) is 17.9. The predicted octanol–water partition coefficient (Wildman–Crippen LogP) is 6.76. The quantitative estimate of drug-likeness (QED) is 0.0782. The van der Waals surface area contributed by atoms with Crippen LogP contribution in [-0.2, 0) is 34.1 Å². The Bertz CT molecular complexity index is 1610. The number of ketones is 1. The number of ether oxygens (including phenoxy) is 1. The number of carboxylic acids is 4. The van der Waals surface area contributed by atoms with Gasteiger partial charge in [0.2, 0.25) is 5.91 Å². The van der Waals surface area contributed by atoms with Gasteiger partial charge >= 0.3 is 30.0 Å². The van der Waals surface area contributed by atoms with Gasteiger partial charge in [-0.25, -0.2) is 14.4 Å². The lowest BCUT2D eigenvalue weighted by atomic mass is 9.78. The highest BCUT2D eigenvalue weighted by Crippen LogP contribution is 2.31. The molecule has 3 rings (SSSR count). The average Bonchev–Trinajstić information content (AvgIpc) is 3.05. The lowest BCUT2D eigenvalue weighted by molar-refractivity contribution is -0.147. The number of hydrogen-bond donors (Lipinski definition) is 6. The van der Waals surface area contributed by atoms with Crippen LogP contribution >= 0.6 is 22.6 Å². The van der Waals surface area contributed by atoms with Crippen LogP contribution in [0.15, 0.2) is 60.7 Å². The largest absolute Gasteiger partial charge is 0.481 e. The van der Waals surface area contributed by atoms with E-state index in [-0.39, 0.29) is 29.9 Å². The van der Waals surface area contributed by atoms with Gasteiger partial charge in [0.1, 0.15) is 11.6 Å². The topological polar surface area (TPSA) is 234 Å². The second kappa shape index (κ2) is 21.7. The summed E-state index contributed by atoms with van der Waals surface area (Å²) in [5.74, 6) is -5.82. The summed E-state index contributed by atoms with van der Waals surface area (Å²) >= 11 is 2.19. The van der Waals surface area contributed by atoms with Gasteiger partial charge in [0.15, 0.2) is 5.78 Å². The molecule has 53 heavy (non-hydrogen) atoms. The summed E-state index contributed by atoms with van der Waals surface area (Å²) in [4.78, 5) is 77.5. The molecule has 2 aromatic rings. The average molecular weight is 853 g/mol. The van der Waals surface area contributed by atoms with Crippen molar-refractivity contribution in [2.24, 2.45) is 11.8 Å². The minimum atomic E-state index is -1.29. The van der Waals surface area contributed by atoms with Gasteiger partial charge in [-0.1, -0.05) is 57.9 Å². The minimum Gasteiger partial charge on any atom is -0.481 e.